The second-order valence-electron chi connectivity index (χ2n) is 10.2. The van der Waals surface area contributed by atoms with E-state index in [1.807, 2.05) is 20.8 Å². The van der Waals surface area contributed by atoms with Gasteiger partial charge in [-0.2, -0.15) is 0 Å². The van der Waals surface area contributed by atoms with Crippen LogP contribution in [0.3, 0.4) is 0 Å². The van der Waals surface area contributed by atoms with Crippen molar-refractivity contribution >= 4 is 5.97 Å². The van der Waals surface area contributed by atoms with E-state index in [0.29, 0.717) is 25.2 Å². The van der Waals surface area contributed by atoms with E-state index in [0.717, 1.165) is 24.8 Å². The molecule has 0 radical (unpaired) electrons. The molecular weight excluding hydrogens is 340 g/mol. The fourth-order valence-corrected chi connectivity index (χ4v) is 4.38. The van der Waals surface area contributed by atoms with Crippen LogP contribution in [-0.4, -0.2) is 28.1 Å². The zero-order chi connectivity index (χ0) is 21.0. The quantitative estimate of drug-likeness (QED) is 0.451. The molecule has 1 aliphatic rings. The third-order valence-corrected chi connectivity index (χ3v) is 6.66. The van der Waals surface area contributed by atoms with E-state index in [4.69, 9.17) is 4.74 Å². The maximum absolute atomic E-state index is 11.8. The molecule has 1 rings (SSSR count). The maximum Gasteiger partial charge on any atom is 0.306 e. The molecule has 27 heavy (non-hydrogen) atoms. The average Bonchev–Trinajstić information content (AvgIpc) is 2.49. The van der Waals surface area contributed by atoms with Crippen molar-refractivity contribution in [1.29, 1.82) is 0 Å². The fraction of sp³-hybridized carbons (Fsp3) is 0.870. The summed E-state index contributed by atoms with van der Waals surface area (Å²) in [6.07, 6.45) is 5.71. The van der Waals surface area contributed by atoms with Crippen molar-refractivity contribution in [2.24, 2.45) is 22.7 Å². The van der Waals surface area contributed by atoms with Gasteiger partial charge in [0, 0.05) is 5.41 Å². The number of hydrogen-bond acceptors (Lipinski definition) is 3. The van der Waals surface area contributed by atoms with Crippen molar-refractivity contribution in [1.82, 2.24) is 0 Å². The van der Waals surface area contributed by atoms with Crippen LogP contribution >= 0.6 is 0 Å². The van der Waals surface area contributed by atoms with Crippen molar-refractivity contribution in [2.75, 3.05) is 0 Å². The molecular formula is C23H42O4. The summed E-state index contributed by atoms with van der Waals surface area (Å²) in [5, 5.41) is 20.9. The molecule has 0 aromatic rings. The van der Waals surface area contributed by atoms with Crippen molar-refractivity contribution < 1.29 is 19.7 Å². The van der Waals surface area contributed by atoms with Crippen molar-refractivity contribution in [2.45, 2.75) is 106 Å². The van der Waals surface area contributed by atoms with Gasteiger partial charge in [0.2, 0.25) is 0 Å². The lowest BCUT2D eigenvalue weighted by atomic mass is 9.66. The Kier molecular flexibility index (Phi) is 8.13. The first-order valence-corrected chi connectivity index (χ1v) is 10.5. The van der Waals surface area contributed by atoms with Crippen LogP contribution in [-0.2, 0) is 9.53 Å². The van der Waals surface area contributed by atoms with Crippen molar-refractivity contribution in [3.8, 4) is 0 Å². The lowest BCUT2D eigenvalue weighted by molar-refractivity contribution is -0.253. The number of carbonyl (C=O) groups is 1. The summed E-state index contributed by atoms with van der Waals surface area (Å²) in [6.45, 7) is 16.7. The molecule has 0 amide bonds. The average molecular weight is 383 g/mol. The molecule has 0 aromatic carbocycles. The smallest absolute Gasteiger partial charge is 0.306 e. The molecule has 5 unspecified atom stereocenters. The molecule has 0 spiro atoms. The number of aliphatic hydroxyl groups excluding tert-OH is 1. The Balaban J connectivity index is 3.25. The predicted molar refractivity (Wildman–Crippen MR) is 110 cm³/mol. The highest BCUT2D eigenvalue weighted by Crippen LogP contribution is 2.47. The number of aliphatic hydroxyl groups is 1. The van der Waals surface area contributed by atoms with Gasteiger partial charge in [-0.3, -0.25) is 4.79 Å². The van der Waals surface area contributed by atoms with Crippen LogP contribution in [0, 0.1) is 22.7 Å². The molecule has 2 N–H and O–H groups in total. The lowest BCUT2D eigenvalue weighted by Gasteiger charge is -2.48. The molecule has 1 fully saturated rings. The van der Waals surface area contributed by atoms with Crippen LogP contribution < -0.4 is 0 Å². The summed E-state index contributed by atoms with van der Waals surface area (Å²) < 4.78 is 6.45. The molecule has 158 valence electrons. The Morgan fingerprint density at radius 1 is 1.22 bits per heavy atom. The van der Waals surface area contributed by atoms with E-state index in [1.54, 1.807) is 0 Å². The Hall–Kier alpha value is -0.870. The number of carboxylic acids is 1. The largest absolute Gasteiger partial charge is 0.481 e. The van der Waals surface area contributed by atoms with Gasteiger partial charge in [0.05, 0.1) is 11.5 Å². The summed E-state index contributed by atoms with van der Waals surface area (Å²) in [4.78, 5) is 11.8. The van der Waals surface area contributed by atoms with E-state index < -0.39 is 29.2 Å². The monoisotopic (exact) mass is 382 g/mol. The first-order chi connectivity index (χ1) is 12.3. The minimum atomic E-state index is -0.992. The van der Waals surface area contributed by atoms with E-state index in [9.17, 15) is 15.0 Å². The fourth-order valence-electron chi connectivity index (χ4n) is 4.38. The van der Waals surface area contributed by atoms with E-state index in [-0.39, 0.29) is 5.41 Å². The molecule has 0 bridgehead atoms. The molecule has 4 nitrogen and oxygen atoms in total. The summed E-state index contributed by atoms with van der Waals surface area (Å²) in [7, 11) is 0. The summed E-state index contributed by atoms with van der Waals surface area (Å²) in [5.74, 6) is -0.700. The summed E-state index contributed by atoms with van der Waals surface area (Å²) >= 11 is 0. The molecule has 4 heteroatoms. The van der Waals surface area contributed by atoms with E-state index >= 15 is 0 Å². The van der Waals surface area contributed by atoms with Crippen molar-refractivity contribution in [3.63, 3.8) is 0 Å². The maximum atomic E-state index is 11.8. The Labute approximate surface area is 166 Å². The normalized spacial score (nSPS) is 30.6. The van der Waals surface area contributed by atoms with Crippen LogP contribution in [0.5, 0.6) is 0 Å². The van der Waals surface area contributed by atoms with Gasteiger partial charge < -0.3 is 14.9 Å². The Bertz CT molecular complexity index is 529. The highest BCUT2D eigenvalue weighted by atomic mass is 16.6. The van der Waals surface area contributed by atoms with Gasteiger partial charge in [-0.15, -0.1) is 0 Å². The molecule has 0 aromatic heterocycles. The van der Waals surface area contributed by atoms with Crippen LogP contribution in [0.15, 0.2) is 11.6 Å². The number of rotatable bonds is 6. The van der Waals surface area contributed by atoms with E-state index in [2.05, 4.69) is 40.7 Å². The van der Waals surface area contributed by atoms with Gasteiger partial charge in [0.25, 0.3) is 0 Å². The van der Waals surface area contributed by atoms with Crippen LogP contribution in [0.1, 0.15) is 93.9 Å². The molecule has 0 saturated heterocycles. The Morgan fingerprint density at radius 2 is 1.81 bits per heavy atom. The highest BCUT2D eigenvalue weighted by Gasteiger charge is 2.47. The topological polar surface area (TPSA) is 66.8 Å². The predicted octanol–water partition coefficient (Wildman–Crippen LogP) is 5.79. The van der Waals surface area contributed by atoms with Crippen LogP contribution in [0.2, 0.25) is 0 Å². The third kappa shape index (κ3) is 6.05. The van der Waals surface area contributed by atoms with Gasteiger partial charge >= 0.3 is 5.97 Å². The molecule has 1 aliphatic carbocycles. The lowest BCUT2D eigenvalue weighted by Crippen LogP contribution is -2.50. The standard InChI is InChI=1S/C23H42O4/c1-9-23(14-17(4)11-10-12-18(15-23)19(24)25)27-20(26)22(8,13-16(2)3)21(5,6)7/h13,17-18,20,26H,9-12,14-15H2,1-8H3,(H,24,25). The Morgan fingerprint density at radius 3 is 2.26 bits per heavy atom. The number of allylic oxidation sites excluding steroid dienone is 1. The second kappa shape index (κ2) is 9.09. The summed E-state index contributed by atoms with van der Waals surface area (Å²) in [5.41, 5.74) is -0.254. The van der Waals surface area contributed by atoms with Gasteiger partial charge in [0.15, 0.2) is 6.29 Å². The van der Waals surface area contributed by atoms with Gasteiger partial charge in [-0.25, -0.2) is 0 Å². The molecule has 0 heterocycles. The molecule has 5 atom stereocenters. The summed E-state index contributed by atoms with van der Waals surface area (Å²) in [6, 6.07) is 0. The van der Waals surface area contributed by atoms with Gasteiger partial charge in [-0.05, 0) is 50.9 Å². The SMILES string of the molecule is CCC1(OC(O)C(C)(C=C(C)C)C(C)(C)C)CC(C)CCCC(C(=O)O)C1. The minimum absolute atomic E-state index is 0.210. The van der Waals surface area contributed by atoms with Crippen LogP contribution in [0.25, 0.3) is 0 Å². The van der Waals surface area contributed by atoms with Crippen LogP contribution in [0.4, 0.5) is 0 Å². The number of carboxylic acid groups (broad SMARTS) is 1. The zero-order valence-electron chi connectivity index (χ0n) is 18.8. The zero-order valence-corrected chi connectivity index (χ0v) is 18.8. The number of aliphatic carboxylic acids is 1. The number of hydrogen-bond donors (Lipinski definition) is 2. The third-order valence-electron chi connectivity index (χ3n) is 6.66. The van der Waals surface area contributed by atoms with Gasteiger partial charge in [-0.1, -0.05) is 66.0 Å². The minimum Gasteiger partial charge on any atom is -0.481 e. The molecule has 1 saturated carbocycles. The van der Waals surface area contributed by atoms with E-state index in [1.165, 1.54) is 0 Å². The molecule has 0 aliphatic heterocycles. The highest BCUT2D eigenvalue weighted by molar-refractivity contribution is 5.70. The number of ether oxygens (including phenoxy) is 1. The van der Waals surface area contributed by atoms with Gasteiger partial charge in [0.1, 0.15) is 0 Å². The second-order valence-corrected chi connectivity index (χ2v) is 10.2. The van der Waals surface area contributed by atoms with Crippen molar-refractivity contribution in [3.05, 3.63) is 11.6 Å². The first kappa shape index (κ1) is 24.2. The first-order valence-electron chi connectivity index (χ1n) is 10.5.